The van der Waals surface area contributed by atoms with Gasteiger partial charge >= 0.3 is 5.97 Å². The van der Waals surface area contributed by atoms with Gasteiger partial charge < -0.3 is 5.11 Å². The predicted molar refractivity (Wildman–Crippen MR) is 62.0 cm³/mol. The summed E-state index contributed by atoms with van der Waals surface area (Å²) in [4.78, 5) is 12.6. The first-order chi connectivity index (χ1) is 8.56. The van der Waals surface area contributed by atoms with E-state index in [1.54, 1.807) is 6.07 Å². The van der Waals surface area contributed by atoms with Crippen molar-refractivity contribution in [2.45, 2.75) is 19.4 Å². The summed E-state index contributed by atoms with van der Waals surface area (Å²) < 4.78 is 26.5. The number of carboxylic acid groups (broad SMARTS) is 1. The number of nitrogens with zero attached hydrogens (tertiary/aromatic N) is 1. The van der Waals surface area contributed by atoms with Crippen LogP contribution in [-0.2, 0) is 11.3 Å². The first kappa shape index (κ1) is 13.0. The average Bonchev–Trinajstić information content (AvgIpc) is 2.71. The molecule has 1 N–H and O–H groups in total. The van der Waals surface area contributed by atoms with Gasteiger partial charge in [0.2, 0.25) is 0 Å². The molecule has 1 heterocycles. The van der Waals surface area contributed by atoms with Gasteiger partial charge in [0.1, 0.15) is 0 Å². The molecule has 0 radical (unpaired) electrons. The minimum atomic E-state index is -0.839. The number of hydrogen-bond acceptors (Lipinski definition) is 2. The Balaban J connectivity index is 1.95. The summed E-state index contributed by atoms with van der Waals surface area (Å²) >= 11 is 0. The number of aliphatic carboxylic acids is 1. The van der Waals surface area contributed by atoms with Crippen molar-refractivity contribution in [3.8, 4) is 0 Å². The number of hydrogen-bond donors (Lipinski definition) is 1. The van der Waals surface area contributed by atoms with E-state index in [1.807, 2.05) is 4.90 Å². The number of carbonyl (C=O) groups is 1. The second-order valence-electron chi connectivity index (χ2n) is 4.70. The zero-order valence-corrected chi connectivity index (χ0v) is 9.90. The first-order valence-corrected chi connectivity index (χ1v) is 5.93. The van der Waals surface area contributed by atoms with Gasteiger partial charge in [-0.1, -0.05) is 12.1 Å². The van der Waals surface area contributed by atoms with Crippen LogP contribution in [0.5, 0.6) is 0 Å². The van der Waals surface area contributed by atoms with Gasteiger partial charge in [0.15, 0.2) is 11.6 Å². The molecule has 0 bridgehead atoms. The molecule has 1 aliphatic heterocycles. The monoisotopic (exact) mass is 255 g/mol. The third-order valence-corrected chi connectivity index (χ3v) is 3.26. The molecule has 98 valence electrons. The molecular weight excluding hydrogens is 240 g/mol. The number of halogens is 2. The van der Waals surface area contributed by atoms with Crippen LogP contribution in [0.25, 0.3) is 0 Å². The van der Waals surface area contributed by atoms with Crippen molar-refractivity contribution >= 4 is 5.97 Å². The summed E-state index contributed by atoms with van der Waals surface area (Å²) in [6.07, 6.45) is 0.936. The van der Waals surface area contributed by atoms with Gasteiger partial charge in [-0.3, -0.25) is 9.69 Å². The van der Waals surface area contributed by atoms with Crippen molar-refractivity contribution in [2.75, 3.05) is 13.1 Å². The van der Waals surface area contributed by atoms with Crippen molar-refractivity contribution in [2.24, 2.45) is 5.92 Å². The molecule has 0 aliphatic carbocycles. The fourth-order valence-electron chi connectivity index (χ4n) is 2.38. The van der Waals surface area contributed by atoms with Gasteiger partial charge in [0.25, 0.3) is 0 Å². The van der Waals surface area contributed by atoms with Crippen molar-refractivity contribution in [1.82, 2.24) is 4.90 Å². The van der Waals surface area contributed by atoms with Crippen LogP contribution in [0, 0.1) is 17.6 Å². The Bertz CT molecular complexity index is 451. The smallest absolute Gasteiger partial charge is 0.303 e. The second-order valence-corrected chi connectivity index (χ2v) is 4.70. The van der Waals surface area contributed by atoms with Crippen LogP contribution in [0.4, 0.5) is 8.78 Å². The zero-order valence-electron chi connectivity index (χ0n) is 9.90. The van der Waals surface area contributed by atoms with Gasteiger partial charge in [-0.25, -0.2) is 8.78 Å². The average molecular weight is 255 g/mol. The van der Waals surface area contributed by atoms with E-state index >= 15 is 0 Å². The molecule has 1 unspecified atom stereocenters. The Kier molecular flexibility index (Phi) is 3.91. The Morgan fingerprint density at radius 3 is 2.94 bits per heavy atom. The molecule has 3 nitrogen and oxygen atoms in total. The Morgan fingerprint density at radius 2 is 2.22 bits per heavy atom. The van der Waals surface area contributed by atoms with Gasteiger partial charge in [-0.05, 0) is 24.9 Å². The summed E-state index contributed by atoms with van der Waals surface area (Å²) in [7, 11) is 0. The van der Waals surface area contributed by atoms with E-state index in [-0.39, 0.29) is 12.3 Å². The molecule has 1 aromatic rings. The number of carboxylic acids is 1. The van der Waals surface area contributed by atoms with E-state index in [0.717, 1.165) is 19.0 Å². The molecule has 1 saturated heterocycles. The van der Waals surface area contributed by atoms with Gasteiger partial charge in [0.05, 0.1) is 0 Å². The van der Waals surface area contributed by atoms with Crippen molar-refractivity contribution < 1.29 is 18.7 Å². The van der Waals surface area contributed by atoms with Crippen molar-refractivity contribution in [1.29, 1.82) is 0 Å². The summed E-state index contributed by atoms with van der Waals surface area (Å²) in [5, 5.41) is 8.70. The molecule has 1 aromatic carbocycles. The molecule has 2 rings (SSSR count). The van der Waals surface area contributed by atoms with Crippen LogP contribution in [0.2, 0.25) is 0 Å². The number of rotatable bonds is 4. The second kappa shape index (κ2) is 5.44. The first-order valence-electron chi connectivity index (χ1n) is 5.93. The maximum absolute atomic E-state index is 13.5. The van der Waals surface area contributed by atoms with Crippen LogP contribution in [0.15, 0.2) is 18.2 Å². The Hall–Kier alpha value is -1.49. The minimum Gasteiger partial charge on any atom is -0.481 e. The molecular formula is C13H15F2NO2. The standard InChI is InChI=1S/C13H15F2NO2/c14-11-3-1-2-10(13(11)15)8-16-5-4-9(7-16)6-12(17)18/h1-3,9H,4-8H2,(H,17,18). The summed E-state index contributed by atoms with van der Waals surface area (Å²) in [5.74, 6) is -2.34. The Labute approximate surface area is 104 Å². The highest BCUT2D eigenvalue weighted by atomic mass is 19.2. The summed E-state index contributed by atoms with van der Waals surface area (Å²) in [5.41, 5.74) is 0.325. The Morgan fingerprint density at radius 1 is 1.44 bits per heavy atom. The molecule has 1 aliphatic rings. The molecule has 1 fully saturated rings. The van der Waals surface area contributed by atoms with E-state index in [0.29, 0.717) is 18.7 Å². The lowest BCUT2D eigenvalue weighted by atomic mass is 10.1. The van der Waals surface area contributed by atoms with Crippen molar-refractivity contribution in [3.63, 3.8) is 0 Å². The molecule has 1 atom stereocenters. The highest BCUT2D eigenvalue weighted by molar-refractivity contribution is 5.67. The molecule has 5 heteroatoms. The quantitative estimate of drug-likeness (QED) is 0.897. The van der Waals surface area contributed by atoms with Crippen LogP contribution < -0.4 is 0 Å². The van der Waals surface area contributed by atoms with E-state index in [9.17, 15) is 13.6 Å². The highest BCUT2D eigenvalue weighted by Crippen LogP contribution is 2.22. The van der Waals surface area contributed by atoms with E-state index in [4.69, 9.17) is 5.11 Å². The van der Waals surface area contributed by atoms with Gasteiger partial charge in [-0.15, -0.1) is 0 Å². The maximum atomic E-state index is 13.5. The van der Waals surface area contributed by atoms with Gasteiger partial charge in [-0.2, -0.15) is 0 Å². The third-order valence-electron chi connectivity index (χ3n) is 3.26. The van der Waals surface area contributed by atoms with Crippen LogP contribution in [0.1, 0.15) is 18.4 Å². The maximum Gasteiger partial charge on any atom is 0.303 e. The molecule has 0 spiro atoms. The van der Waals surface area contributed by atoms with Gasteiger partial charge in [0, 0.05) is 25.1 Å². The zero-order chi connectivity index (χ0) is 13.1. The van der Waals surface area contributed by atoms with Crippen LogP contribution >= 0.6 is 0 Å². The SMILES string of the molecule is O=C(O)CC1CCN(Cc2cccc(F)c2F)C1. The summed E-state index contributed by atoms with van der Waals surface area (Å²) in [6, 6.07) is 4.14. The summed E-state index contributed by atoms with van der Waals surface area (Å²) in [6.45, 7) is 1.69. The molecule has 18 heavy (non-hydrogen) atoms. The highest BCUT2D eigenvalue weighted by Gasteiger charge is 2.25. The normalized spacial score (nSPS) is 20.2. The lowest BCUT2D eigenvalue weighted by molar-refractivity contribution is -0.138. The minimum absolute atomic E-state index is 0.110. The topological polar surface area (TPSA) is 40.5 Å². The number of benzene rings is 1. The van der Waals surface area contributed by atoms with Crippen LogP contribution in [0.3, 0.4) is 0 Å². The van der Waals surface area contributed by atoms with Crippen molar-refractivity contribution in [3.05, 3.63) is 35.4 Å². The fourth-order valence-corrected chi connectivity index (χ4v) is 2.38. The molecule has 0 saturated carbocycles. The van der Waals surface area contributed by atoms with E-state index in [2.05, 4.69) is 0 Å². The third kappa shape index (κ3) is 3.04. The van der Waals surface area contributed by atoms with E-state index < -0.39 is 17.6 Å². The predicted octanol–water partition coefficient (Wildman–Crippen LogP) is 2.26. The lowest BCUT2D eigenvalue weighted by Crippen LogP contribution is -2.21. The van der Waals surface area contributed by atoms with Crippen LogP contribution in [-0.4, -0.2) is 29.1 Å². The molecule has 0 aromatic heterocycles. The van der Waals surface area contributed by atoms with E-state index in [1.165, 1.54) is 6.07 Å². The largest absolute Gasteiger partial charge is 0.481 e. The molecule has 0 amide bonds. The number of likely N-dealkylation sites (tertiary alicyclic amines) is 1. The lowest BCUT2D eigenvalue weighted by Gasteiger charge is -2.16. The fraction of sp³-hybridized carbons (Fsp3) is 0.462.